The molecule has 4 nitrogen and oxygen atoms in total. The van der Waals surface area contributed by atoms with Crippen molar-refractivity contribution in [2.75, 3.05) is 0 Å². The predicted molar refractivity (Wildman–Crippen MR) is 181 cm³/mol. The molecule has 0 aliphatic carbocycles. The Balaban J connectivity index is 2.07. The van der Waals surface area contributed by atoms with Gasteiger partial charge in [0.05, 0.1) is 27.3 Å². The number of nitrogens with zero attached hydrogens (tertiary/aromatic N) is 1. The summed E-state index contributed by atoms with van der Waals surface area (Å²) in [6.07, 6.45) is 0. The molecule has 4 aromatic rings. The van der Waals surface area contributed by atoms with Gasteiger partial charge in [-0.25, -0.2) is 8.93 Å². The monoisotopic (exact) mass is 598 g/mol. The Morgan fingerprint density at radius 2 is 1.19 bits per heavy atom. The number of rotatable bonds is 10. The predicted octanol–water partition coefficient (Wildman–Crippen LogP) is 6.85. The van der Waals surface area contributed by atoms with Gasteiger partial charge in [-0.15, -0.1) is 0 Å². The number of benzene rings is 4. The van der Waals surface area contributed by atoms with Crippen LogP contribution in [0.25, 0.3) is 0 Å². The van der Waals surface area contributed by atoms with Crippen molar-refractivity contribution in [3.05, 3.63) is 126 Å². The lowest BCUT2D eigenvalue weighted by Crippen LogP contribution is -2.45. The minimum atomic E-state index is -1.38. The van der Waals surface area contributed by atoms with Gasteiger partial charge in [0, 0.05) is 12.1 Å². The number of carbonyl (C=O) groups is 1. The Morgan fingerprint density at radius 1 is 0.714 bits per heavy atom. The normalized spacial score (nSPS) is 13.4. The summed E-state index contributed by atoms with van der Waals surface area (Å²) in [7, 11) is -2.44. The van der Waals surface area contributed by atoms with Crippen molar-refractivity contribution in [1.29, 1.82) is 0 Å². The summed E-state index contributed by atoms with van der Waals surface area (Å²) in [6.45, 7) is 14.2. The molecule has 0 aliphatic heterocycles. The topological polar surface area (TPSA) is 49.4 Å². The van der Waals surface area contributed by atoms with Crippen LogP contribution in [-0.2, 0) is 11.0 Å². The molecular weight excluding hydrogens is 555 g/mol. The van der Waals surface area contributed by atoms with Crippen LogP contribution in [0.2, 0.25) is 0 Å². The van der Waals surface area contributed by atoms with Crippen molar-refractivity contribution >= 4 is 40.7 Å². The van der Waals surface area contributed by atoms with Gasteiger partial charge < -0.3 is 4.90 Å². The van der Waals surface area contributed by atoms with Gasteiger partial charge in [-0.2, -0.15) is 0 Å². The van der Waals surface area contributed by atoms with Crippen LogP contribution >= 0.6 is 7.92 Å². The zero-order valence-corrected chi connectivity index (χ0v) is 27.5. The average molecular weight is 599 g/mol. The fourth-order valence-corrected chi connectivity index (χ4v) is 8.54. The van der Waals surface area contributed by atoms with Crippen molar-refractivity contribution in [3.8, 4) is 0 Å². The summed E-state index contributed by atoms with van der Waals surface area (Å²) in [6, 6.07) is 36.7. The molecule has 0 heterocycles. The van der Waals surface area contributed by atoms with Gasteiger partial charge in [0.15, 0.2) is 0 Å². The van der Waals surface area contributed by atoms with Crippen LogP contribution in [-0.4, -0.2) is 31.8 Å². The fraction of sp³-hybridized carbons (Fsp3) is 0.306. The summed E-state index contributed by atoms with van der Waals surface area (Å²) < 4.78 is 16.6. The second-order valence-electron chi connectivity index (χ2n) is 12.0. The number of carbonyl (C=O) groups excluding carboxylic acids is 1. The molecule has 6 heteroatoms. The van der Waals surface area contributed by atoms with E-state index in [0.29, 0.717) is 5.56 Å². The third kappa shape index (κ3) is 7.26. The first-order valence-corrected chi connectivity index (χ1v) is 17.1. The molecule has 4 rings (SSSR count). The maximum Gasteiger partial charge on any atom is 0.255 e. The van der Waals surface area contributed by atoms with Crippen molar-refractivity contribution in [2.45, 2.75) is 71.3 Å². The highest BCUT2D eigenvalue weighted by Gasteiger charge is 2.34. The number of hydrogen-bond acceptors (Lipinski definition) is 2. The molecule has 0 bridgehead atoms. The molecule has 220 valence electrons. The van der Waals surface area contributed by atoms with E-state index in [2.05, 4.69) is 93.1 Å². The van der Waals surface area contributed by atoms with Crippen molar-refractivity contribution in [2.24, 2.45) is 0 Å². The SMILES string of the molecule is CC(C)N(C(=O)c1c([C@H](NS(=O)C(C)(C)C)c2ccccc2)cccc1P(c1ccccc1)c1ccccc1)C(C)C. The number of hydrogen-bond donors (Lipinski definition) is 1. The summed E-state index contributed by atoms with van der Waals surface area (Å²) in [4.78, 5) is 16.9. The molecule has 0 aliphatic rings. The van der Waals surface area contributed by atoms with Crippen molar-refractivity contribution < 1.29 is 9.00 Å². The van der Waals surface area contributed by atoms with Gasteiger partial charge in [0.1, 0.15) is 0 Å². The van der Waals surface area contributed by atoms with E-state index in [1.165, 1.54) is 10.6 Å². The molecule has 0 saturated carbocycles. The van der Waals surface area contributed by atoms with Crippen LogP contribution in [0.1, 0.15) is 76.0 Å². The molecule has 1 unspecified atom stereocenters. The van der Waals surface area contributed by atoms with Crippen LogP contribution in [0.3, 0.4) is 0 Å². The Labute approximate surface area is 255 Å². The largest absolute Gasteiger partial charge is 0.334 e. The minimum absolute atomic E-state index is 0.00456. The Kier molecular flexibility index (Phi) is 10.5. The molecular formula is C36H43N2O2PS. The van der Waals surface area contributed by atoms with Crippen LogP contribution in [0, 0.1) is 0 Å². The smallest absolute Gasteiger partial charge is 0.255 e. The molecule has 0 aromatic heterocycles. The summed E-state index contributed by atoms with van der Waals surface area (Å²) in [5.74, 6) is -0.00534. The number of nitrogens with one attached hydrogen (secondary N) is 1. The van der Waals surface area contributed by atoms with Gasteiger partial charge in [-0.05, 0) is 83.4 Å². The van der Waals surface area contributed by atoms with E-state index in [1.807, 2.05) is 74.2 Å². The first-order valence-electron chi connectivity index (χ1n) is 14.6. The van der Waals surface area contributed by atoms with E-state index in [1.54, 1.807) is 0 Å². The second kappa shape index (κ2) is 13.9. The lowest BCUT2D eigenvalue weighted by molar-refractivity contribution is 0.0643. The molecule has 0 spiro atoms. The maximum atomic E-state index is 14.9. The zero-order chi connectivity index (χ0) is 30.4. The molecule has 0 radical (unpaired) electrons. The first kappa shape index (κ1) is 31.8. The molecule has 1 N–H and O–H groups in total. The molecule has 0 fully saturated rings. The van der Waals surface area contributed by atoms with Crippen LogP contribution in [0.5, 0.6) is 0 Å². The van der Waals surface area contributed by atoms with Gasteiger partial charge in [-0.1, -0.05) is 109 Å². The van der Waals surface area contributed by atoms with Crippen molar-refractivity contribution in [1.82, 2.24) is 9.62 Å². The van der Waals surface area contributed by atoms with Gasteiger partial charge in [0.2, 0.25) is 0 Å². The standard InChI is InChI=1S/C36H43N2O2PS/c1-26(2)38(27(3)4)35(39)33-31(34(28-18-11-8-12-19-28)37-42(40)36(5,6)7)24-17-25-32(33)41(29-20-13-9-14-21-29)30-22-15-10-16-23-30/h8-27,34,37H,1-7H3/t34-,42?/m1/s1. The minimum Gasteiger partial charge on any atom is -0.334 e. The lowest BCUT2D eigenvalue weighted by Gasteiger charge is -2.35. The highest BCUT2D eigenvalue weighted by Crippen LogP contribution is 2.38. The Morgan fingerprint density at radius 3 is 1.64 bits per heavy atom. The Hall–Kier alpha value is -3.11. The van der Waals surface area contributed by atoms with E-state index >= 15 is 0 Å². The quantitative estimate of drug-likeness (QED) is 0.203. The van der Waals surface area contributed by atoms with E-state index < -0.39 is 29.7 Å². The van der Waals surface area contributed by atoms with Gasteiger partial charge >= 0.3 is 0 Å². The molecule has 1 amide bonds. The molecule has 4 aromatic carbocycles. The summed E-state index contributed by atoms with van der Waals surface area (Å²) in [5.41, 5.74) is 2.49. The average Bonchev–Trinajstić information content (AvgIpc) is 2.96. The maximum absolute atomic E-state index is 14.9. The van der Waals surface area contributed by atoms with Crippen LogP contribution in [0.4, 0.5) is 0 Å². The fourth-order valence-electron chi connectivity index (χ4n) is 5.23. The summed E-state index contributed by atoms with van der Waals surface area (Å²) >= 11 is 0. The molecule has 0 saturated heterocycles. The third-order valence-corrected chi connectivity index (χ3v) is 11.2. The van der Waals surface area contributed by atoms with Crippen LogP contribution < -0.4 is 20.6 Å². The van der Waals surface area contributed by atoms with Crippen molar-refractivity contribution in [3.63, 3.8) is 0 Å². The van der Waals surface area contributed by atoms with Gasteiger partial charge in [-0.3, -0.25) is 4.79 Å². The zero-order valence-electron chi connectivity index (χ0n) is 25.7. The highest BCUT2D eigenvalue weighted by molar-refractivity contribution is 7.84. The highest BCUT2D eigenvalue weighted by atomic mass is 32.2. The van der Waals surface area contributed by atoms with E-state index in [4.69, 9.17) is 0 Å². The lowest BCUT2D eigenvalue weighted by atomic mass is 9.94. The van der Waals surface area contributed by atoms with Crippen LogP contribution in [0.15, 0.2) is 109 Å². The first-order chi connectivity index (χ1) is 20.0. The van der Waals surface area contributed by atoms with E-state index in [0.717, 1.165) is 16.4 Å². The van der Waals surface area contributed by atoms with Gasteiger partial charge in [0.25, 0.3) is 5.91 Å². The molecule has 42 heavy (non-hydrogen) atoms. The van der Waals surface area contributed by atoms with E-state index in [-0.39, 0.29) is 18.0 Å². The number of amides is 1. The molecule has 2 atom stereocenters. The van der Waals surface area contributed by atoms with E-state index in [9.17, 15) is 9.00 Å². The third-order valence-electron chi connectivity index (χ3n) is 7.13. The second-order valence-corrected chi connectivity index (χ2v) is 16.2. The summed E-state index contributed by atoms with van der Waals surface area (Å²) in [5, 5.41) is 3.35. The Bertz CT molecular complexity index is 1440.